The molecule has 3 aromatic heterocycles. The minimum atomic E-state index is -0.993. The summed E-state index contributed by atoms with van der Waals surface area (Å²) in [5.74, 6) is -2.32. The van der Waals surface area contributed by atoms with E-state index >= 15 is 0 Å². The number of nitrogens with zero attached hydrogens (tertiary/aromatic N) is 4. The zero-order chi connectivity index (χ0) is 48.6. The van der Waals surface area contributed by atoms with Gasteiger partial charge in [0.05, 0.1) is 25.6 Å². The highest BCUT2D eigenvalue weighted by Crippen LogP contribution is 2.37. The Balaban J connectivity index is 0.000000186. The molecule has 340 valence electrons. The second-order valence-corrected chi connectivity index (χ2v) is 15.4. The number of nitrogens with one attached hydrogen (secondary N) is 2. The second kappa shape index (κ2) is 20.1. The molecule has 0 aliphatic carbocycles. The predicted molar refractivity (Wildman–Crippen MR) is 262 cm³/mol. The van der Waals surface area contributed by atoms with Gasteiger partial charge in [0.2, 0.25) is 0 Å². The lowest BCUT2D eigenvalue weighted by atomic mass is 10.0. The fourth-order valence-corrected chi connectivity index (χ4v) is 7.95. The molecule has 69 heavy (non-hydrogen) atoms. The number of rotatable bonds is 13. The molecule has 15 heteroatoms. The minimum Gasteiger partial charge on any atom is -0.495 e. The number of hydrogen-bond acceptors (Lipinski definition) is 9. The van der Waals surface area contributed by atoms with Crippen molar-refractivity contribution < 1.29 is 43.3 Å². The van der Waals surface area contributed by atoms with Crippen LogP contribution in [0.2, 0.25) is 0 Å². The van der Waals surface area contributed by atoms with Gasteiger partial charge >= 0.3 is 11.9 Å². The van der Waals surface area contributed by atoms with E-state index in [1.807, 2.05) is 97.1 Å². The van der Waals surface area contributed by atoms with Gasteiger partial charge in [0, 0.05) is 62.2 Å². The number of carboxylic acids is 2. The van der Waals surface area contributed by atoms with Gasteiger partial charge in [-0.05, 0) is 59.7 Å². The Hall–Kier alpha value is -9.86. The molecule has 6 aromatic carbocycles. The molecular formula is C54H40N6O9. The Morgan fingerprint density at radius 3 is 1.58 bits per heavy atom. The first kappa shape index (κ1) is 45.7. The van der Waals surface area contributed by atoms with Gasteiger partial charge in [-0.15, -0.1) is 0 Å². The van der Waals surface area contributed by atoms with Gasteiger partial charge < -0.3 is 43.9 Å². The van der Waals surface area contributed by atoms with Crippen LogP contribution in [-0.4, -0.2) is 57.3 Å². The number of amides is 2. The van der Waals surface area contributed by atoms with Gasteiger partial charge in [-0.3, -0.25) is 19.2 Å². The largest absolute Gasteiger partial charge is 0.495 e. The van der Waals surface area contributed by atoms with Crippen LogP contribution in [0.4, 0.5) is 11.4 Å². The van der Waals surface area contributed by atoms with Crippen molar-refractivity contribution in [2.45, 2.75) is 13.1 Å². The smallest absolute Gasteiger partial charge is 0.323 e. The molecular weight excluding hydrogens is 877 g/mol. The average molecular weight is 917 g/mol. The van der Waals surface area contributed by atoms with Crippen molar-refractivity contribution in [3.05, 3.63) is 168 Å². The van der Waals surface area contributed by atoms with Crippen LogP contribution < -0.4 is 20.1 Å². The first-order chi connectivity index (χ1) is 33.5. The highest BCUT2D eigenvalue weighted by molar-refractivity contribution is 6.14. The number of para-hydroxylation sites is 3. The Morgan fingerprint density at radius 2 is 1.06 bits per heavy atom. The predicted octanol–water partition coefficient (Wildman–Crippen LogP) is 10.1. The molecule has 15 nitrogen and oxygen atoms in total. The Morgan fingerprint density at radius 1 is 0.565 bits per heavy atom. The number of benzene rings is 6. The van der Waals surface area contributed by atoms with Gasteiger partial charge in [-0.25, -0.2) is 0 Å². The number of aromatic nitrogens is 2. The number of anilines is 2. The monoisotopic (exact) mass is 916 g/mol. The molecule has 0 saturated carbocycles. The van der Waals surface area contributed by atoms with Gasteiger partial charge in [-0.2, -0.15) is 10.5 Å². The van der Waals surface area contributed by atoms with E-state index in [2.05, 4.69) is 10.6 Å². The lowest BCUT2D eigenvalue weighted by molar-refractivity contribution is -0.138. The number of furan rings is 1. The van der Waals surface area contributed by atoms with Crippen LogP contribution in [0.5, 0.6) is 11.5 Å². The van der Waals surface area contributed by atoms with Gasteiger partial charge in [0.25, 0.3) is 11.8 Å². The molecule has 0 spiro atoms. The molecule has 0 bridgehead atoms. The number of aliphatic carboxylic acids is 2. The fraction of sp³-hybridized carbons (Fsp3) is 0.0741. The van der Waals surface area contributed by atoms with Crippen molar-refractivity contribution in [2.24, 2.45) is 0 Å². The number of methoxy groups -OCH3 is 2. The lowest BCUT2D eigenvalue weighted by Crippen LogP contribution is -2.14. The molecule has 0 aliphatic heterocycles. The van der Waals surface area contributed by atoms with E-state index in [0.29, 0.717) is 56.2 Å². The molecule has 2 amide bonds. The van der Waals surface area contributed by atoms with Crippen molar-refractivity contribution in [3.8, 4) is 34.8 Å². The number of carboxylic acid groups (broad SMARTS) is 2. The maximum Gasteiger partial charge on any atom is 0.323 e. The SMILES string of the molecule is COc1cc2c(cc1NC(=O)/C(C#N)=C/c1cn(CC(=O)O)c3ccccc13)oc1ccccc12.COc1ccc(-c2ccccc2)cc1NC(=O)/C(C#N)=C/c1cn(CC(=O)O)c2ccccc12. The molecule has 9 aromatic rings. The van der Waals surface area contributed by atoms with Crippen LogP contribution in [0, 0.1) is 22.7 Å². The molecule has 0 unspecified atom stereocenters. The number of fused-ring (bicyclic) bond motifs is 5. The zero-order valence-electron chi connectivity index (χ0n) is 37.0. The molecule has 0 radical (unpaired) electrons. The Labute approximate surface area is 393 Å². The van der Waals surface area contributed by atoms with Crippen LogP contribution in [0.25, 0.3) is 67.0 Å². The van der Waals surface area contributed by atoms with E-state index in [0.717, 1.165) is 32.7 Å². The summed E-state index contributed by atoms with van der Waals surface area (Å²) in [6.07, 6.45) is 6.15. The molecule has 0 aliphatic rings. The van der Waals surface area contributed by atoms with Gasteiger partial charge in [0.1, 0.15) is 59.0 Å². The zero-order valence-corrected chi connectivity index (χ0v) is 37.0. The second-order valence-electron chi connectivity index (χ2n) is 15.4. The summed E-state index contributed by atoms with van der Waals surface area (Å²) in [6.45, 7) is -0.469. The van der Waals surface area contributed by atoms with Crippen LogP contribution in [0.15, 0.2) is 161 Å². The van der Waals surface area contributed by atoms with Crippen LogP contribution >= 0.6 is 0 Å². The van der Waals surface area contributed by atoms with E-state index in [-0.39, 0.29) is 24.2 Å². The number of carbonyl (C=O) groups excluding carboxylic acids is 2. The maximum absolute atomic E-state index is 13.1. The summed E-state index contributed by atoms with van der Waals surface area (Å²) in [6, 6.07) is 44.5. The topological polar surface area (TPSA) is 222 Å². The van der Waals surface area contributed by atoms with Gasteiger partial charge in [-0.1, -0.05) is 91.0 Å². The highest BCUT2D eigenvalue weighted by Gasteiger charge is 2.19. The summed E-state index contributed by atoms with van der Waals surface area (Å²) in [4.78, 5) is 48.6. The summed E-state index contributed by atoms with van der Waals surface area (Å²) in [5.41, 5.74) is 6.20. The third-order valence-electron chi connectivity index (χ3n) is 11.1. The van der Waals surface area contributed by atoms with E-state index < -0.39 is 23.8 Å². The van der Waals surface area contributed by atoms with Crippen LogP contribution in [-0.2, 0) is 32.3 Å². The maximum atomic E-state index is 13.1. The number of carbonyl (C=O) groups is 4. The molecule has 0 saturated heterocycles. The molecule has 9 rings (SSSR count). The van der Waals surface area contributed by atoms with E-state index in [4.69, 9.17) is 13.9 Å². The average Bonchev–Trinajstić information content (AvgIpc) is 4.02. The first-order valence-corrected chi connectivity index (χ1v) is 21.2. The number of hydrogen-bond donors (Lipinski definition) is 4. The van der Waals surface area contributed by atoms with Crippen molar-refractivity contribution in [1.82, 2.24) is 9.13 Å². The summed E-state index contributed by atoms with van der Waals surface area (Å²) >= 11 is 0. The van der Waals surface area contributed by atoms with E-state index in [1.54, 1.807) is 70.1 Å². The summed E-state index contributed by atoms with van der Waals surface area (Å²) in [5, 5.41) is 46.6. The van der Waals surface area contributed by atoms with E-state index in [9.17, 15) is 39.9 Å². The Bertz CT molecular complexity index is 3620. The molecule has 0 atom stereocenters. The normalized spacial score (nSPS) is 11.4. The standard InChI is InChI=1S/C27H19N3O5.C27H21N3O4/c1-34-25-11-20-19-7-3-5-9-23(19)35-24(20)12-21(25)29-27(33)16(13-28)10-17-14-30(15-26(31)32)22-8-4-2-6-18(17)22;1-34-25-12-11-19(18-7-3-2-4-8-18)14-23(25)29-27(33)20(15-28)13-21-16-30(17-26(31)32)24-10-6-5-9-22(21)24/h2-12,14H,15H2,1H3,(H,29,33)(H,31,32);2-14,16H,17H2,1H3,(H,29,33)(H,31,32)/b16-10+;20-13+. The third-order valence-corrected chi connectivity index (χ3v) is 11.1. The quantitative estimate of drug-likeness (QED) is 0.0629. The number of ether oxygens (including phenoxy) is 2. The van der Waals surface area contributed by atoms with Crippen molar-refractivity contribution in [1.29, 1.82) is 10.5 Å². The Kier molecular flexibility index (Phi) is 13.3. The van der Waals surface area contributed by atoms with Crippen LogP contribution in [0.3, 0.4) is 0 Å². The van der Waals surface area contributed by atoms with Crippen molar-refractivity contribution in [2.75, 3.05) is 24.9 Å². The van der Waals surface area contributed by atoms with E-state index in [1.165, 1.54) is 26.4 Å². The summed E-state index contributed by atoms with van der Waals surface area (Å²) in [7, 11) is 3.00. The fourth-order valence-electron chi connectivity index (χ4n) is 7.95. The molecule has 0 fully saturated rings. The molecule has 3 heterocycles. The number of nitriles is 2. The van der Waals surface area contributed by atoms with Gasteiger partial charge in [0.15, 0.2) is 0 Å². The lowest BCUT2D eigenvalue weighted by Gasteiger charge is -2.12. The summed E-state index contributed by atoms with van der Waals surface area (Å²) < 4.78 is 19.9. The first-order valence-electron chi connectivity index (χ1n) is 21.2. The highest BCUT2D eigenvalue weighted by atomic mass is 16.5. The van der Waals surface area contributed by atoms with Crippen molar-refractivity contribution in [3.63, 3.8) is 0 Å². The van der Waals surface area contributed by atoms with Crippen molar-refractivity contribution >= 4 is 91.0 Å². The third kappa shape index (κ3) is 9.89. The molecule has 4 N–H and O–H groups in total. The van der Waals surface area contributed by atoms with Crippen LogP contribution in [0.1, 0.15) is 11.1 Å². The minimum absolute atomic E-state index is 0.120.